The summed E-state index contributed by atoms with van der Waals surface area (Å²) in [7, 11) is 0. The summed E-state index contributed by atoms with van der Waals surface area (Å²) in [5, 5.41) is 30.4. The quantitative estimate of drug-likeness (QED) is 0.324. The zero-order valence-corrected chi connectivity index (χ0v) is 12.3. The van der Waals surface area contributed by atoms with Crippen LogP contribution in [0.1, 0.15) is 5.76 Å². The Labute approximate surface area is 134 Å². The molecule has 0 aliphatic rings. The third kappa shape index (κ3) is 2.87. The Morgan fingerprint density at radius 2 is 2.04 bits per heavy atom. The molecule has 0 saturated heterocycles. The molecule has 0 atom stereocenters. The summed E-state index contributed by atoms with van der Waals surface area (Å²) in [5.74, 6) is -0.242. The first-order valence-electron chi connectivity index (χ1n) is 6.47. The van der Waals surface area contributed by atoms with E-state index in [1.165, 1.54) is 30.3 Å². The number of rotatable bonds is 3. The molecule has 2 N–H and O–H groups in total. The number of nitro benzene ring substituents is 1. The fraction of sp³-hybridized carbons (Fsp3) is 0. The van der Waals surface area contributed by atoms with Gasteiger partial charge < -0.3 is 4.42 Å². The van der Waals surface area contributed by atoms with Gasteiger partial charge in [-0.1, -0.05) is 17.7 Å². The topological polar surface area (TPSA) is 104 Å². The molecular weight excluding hydrogens is 322 g/mol. The van der Waals surface area contributed by atoms with E-state index in [0.717, 1.165) is 0 Å². The van der Waals surface area contributed by atoms with Crippen molar-refractivity contribution in [3.63, 3.8) is 0 Å². The van der Waals surface area contributed by atoms with Crippen LogP contribution in [0.2, 0.25) is 5.02 Å². The number of hydroxylamine groups is 1. The first-order valence-corrected chi connectivity index (χ1v) is 6.85. The molecule has 116 valence electrons. The molecular formula is C15H10ClN3O4. The van der Waals surface area contributed by atoms with Gasteiger partial charge in [-0.05, 0) is 30.3 Å². The van der Waals surface area contributed by atoms with Gasteiger partial charge in [-0.25, -0.2) is 5.06 Å². The lowest BCUT2D eigenvalue weighted by atomic mass is 10.2. The summed E-state index contributed by atoms with van der Waals surface area (Å²) < 4.78 is 5.46. The van der Waals surface area contributed by atoms with Crippen LogP contribution in [-0.4, -0.2) is 16.0 Å². The Balaban J connectivity index is 1.96. The van der Waals surface area contributed by atoms with Crippen molar-refractivity contribution in [2.24, 2.45) is 0 Å². The average Bonchev–Trinajstić information content (AvgIpc) is 2.96. The van der Waals surface area contributed by atoms with Crippen molar-refractivity contribution in [2.75, 3.05) is 5.06 Å². The van der Waals surface area contributed by atoms with E-state index in [1.54, 1.807) is 18.2 Å². The molecule has 0 aliphatic carbocycles. The number of nitrogens with zero attached hydrogens (tertiary/aromatic N) is 2. The van der Waals surface area contributed by atoms with E-state index in [9.17, 15) is 15.3 Å². The van der Waals surface area contributed by atoms with Crippen molar-refractivity contribution >= 4 is 39.8 Å². The van der Waals surface area contributed by atoms with Crippen molar-refractivity contribution in [3.05, 3.63) is 69.4 Å². The number of non-ortho nitro benzene ring substituents is 1. The Hall–Kier alpha value is -2.90. The fourth-order valence-corrected chi connectivity index (χ4v) is 2.29. The van der Waals surface area contributed by atoms with Gasteiger partial charge in [0.2, 0.25) is 0 Å². The smallest absolute Gasteiger partial charge is 0.270 e. The number of halogens is 1. The maximum atomic E-state index is 10.8. The van der Waals surface area contributed by atoms with Crippen LogP contribution >= 0.6 is 11.6 Å². The second-order valence-electron chi connectivity index (χ2n) is 4.73. The number of nitrogens with one attached hydrogen (secondary N) is 1. The van der Waals surface area contributed by atoms with E-state index in [4.69, 9.17) is 21.4 Å². The predicted octanol–water partition coefficient (Wildman–Crippen LogP) is 4.22. The van der Waals surface area contributed by atoms with Crippen LogP contribution in [0.15, 0.2) is 52.9 Å². The first-order chi connectivity index (χ1) is 11.0. The van der Waals surface area contributed by atoms with Crippen LogP contribution in [0.3, 0.4) is 0 Å². The largest absolute Gasteiger partial charge is 0.453 e. The lowest BCUT2D eigenvalue weighted by molar-refractivity contribution is -0.384. The van der Waals surface area contributed by atoms with Crippen molar-refractivity contribution in [2.45, 2.75) is 0 Å². The van der Waals surface area contributed by atoms with Crippen LogP contribution in [0, 0.1) is 15.5 Å². The fourth-order valence-electron chi connectivity index (χ4n) is 2.10. The van der Waals surface area contributed by atoms with E-state index in [0.29, 0.717) is 26.7 Å². The standard InChI is InChI=1S/C15H10ClN3O4/c16-10-2-1-3-11(8-10)18(20)15(17)14-7-9-6-12(19(21)22)4-5-13(9)23-14/h1-8,17,20H. The van der Waals surface area contributed by atoms with Crippen LogP contribution in [-0.2, 0) is 0 Å². The molecule has 3 aromatic rings. The number of hydrogen-bond donors (Lipinski definition) is 2. The van der Waals surface area contributed by atoms with Gasteiger partial charge in [0.15, 0.2) is 11.6 Å². The maximum Gasteiger partial charge on any atom is 0.270 e. The normalized spacial score (nSPS) is 10.7. The molecule has 0 unspecified atom stereocenters. The highest BCUT2D eigenvalue weighted by molar-refractivity contribution is 6.31. The average molecular weight is 332 g/mol. The van der Waals surface area contributed by atoms with Gasteiger partial charge in [0.25, 0.3) is 5.69 Å². The monoisotopic (exact) mass is 331 g/mol. The first kappa shape index (κ1) is 15.0. The number of fused-ring (bicyclic) bond motifs is 1. The molecule has 0 radical (unpaired) electrons. The number of anilines is 1. The molecule has 1 aromatic heterocycles. The molecule has 2 aromatic carbocycles. The molecule has 0 bridgehead atoms. The molecule has 1 heterocycles. The zero-order chi connectivity index (χ0) is 16.6. The van der Waals surface area contributed by atoms with Gasteiger partial charge in [-0.3, -0.25) is 20.7 Å². The molecule has 0 amide bonds. The number of benzene rings is 2. The molecule has 23 heavy (non-hydrogen) atoms. The molecule has 0 spiro atoms. The second-order valence-corrected chi connectivity index (χ2v) is 5.17. The number of furan rings is 1. The summed E-state index contributed by atoms with van der Waals surface area (Å²) in [6, 6.07) is 11.9. The van der Waals surface area contributed by atoms with Crippen molar-refractivity contribution in [1.82, 2.24) is 0 Å². The van der Waals surface area contributed by atoms with E-state index in [2.05, 4.69) is 0 Å². The third-order valence-corrected chi connectivity index (χ3v) is 3.44. The molecule has 0 aliphatic heterocycles. The minimum Gasteiger partial charge on any atom is -0.453 e. The highest BCUT2D eigenvalue weighted by Gasteiger charge is 2.18. The van der Waals surface area contributed by atoms with E-state index in [1.807, 2.05) is 0 Å². The van der Waals surface area contributed by atoms with Crippen LogP contribution in [0.5, 0.6) is 0 Å². The summed E-state index contributed by atoms with van der Waals surface area (Å²) in [5.41, 5.74) is 0.607. The SMILES string of the molecule is N=C(c1cc2cc([N+](=O)[O-])ccc2o1)N(O)c1cccc(Cl)c1. The lowest BCUT2D eigenvalue weighted by Crippen LogP contribution is -2.26. The summed E-state index contributed by atoms with van der Waals surface area (Å²) in [6.45, 7) is 0. The van der Waals surface area contributed by atoms with E-state index >= 15 is 0 Å². The van der Waals surface area contributed by atoms with Crippen LogP contribution < -0.4 is 5.06 Å². The predicted molar refractivity (Wildman–Crippen MR) is 85.4 cm³/mol. The number of amidine groups is 1. The van der Waals surface area contributed by atoms with Crippen molar-refractivity contribution < 1.29 is 14.5 Å². The molecule has 0 fully saturated rings. The zero-order valence-electron chi connectivity index (χ0n) is 11.6. The van der Waals surface area contributed by atoms with Crippen LogP contribution in [0.25, 0.3) is 11.0 Å². The van der Waals surface area contributed by atoms with Gasteiger partial charge in [-0.2, -0.15) is 0 Å². The van der Waals surface area contributed by atoms with Gasteiger partial charge in [0.05, 0.1) is 10.6 Å². The summed E-state index contributed by atoms with van der Waals surface area (Å²) >= 11 is 5.86. The van der Waals surface area contributed by atoms with Crippen molar-refractivity contribution in [1.29, 1.82) is 5.41 Å². The number of nitro groups is 1. The molecule has 8 heteroatoms. The summed E-state index contributed by atoms with van der Waals surface area (Å²) in [4.78, 5) is 10.3. The lowest BCUT2D eigenvalue weighted by Gasteiger charge is -2.15. The Morgan fingerprint density at radius 3 is 2.74 bits per heavy atom. The van der Waals surface area contributed by atoms with Gasteiger partial charge in [-0.15, -0.1) is 0 Å². The highest BCUT2D eigenvalue weighted by atomic mass is 35.5. The minimum absolute atomic E-state index is 0.0722. The van der Waals surface area contributed by atoms with Gasteiger partial charge in [0, 0.05) is 22.5 Å². The Kier molecular flexibility index (Phi) is 3.73. The molecule has 7 nitrogen and oxygen atoms in total. The molecule has 3 rings (SSSR count). The van der Waals surface area contributed by atoms with E-state index < -0.39 is 4.92 Å². The van der Waals surface area contributed by atoms with Crippen molar-refractivity contribution in [3.8, 4) is 0 Å². The Morgan fingerprint density at radius 1 is 1.26 bits per heavy atom. The molecule has 0 saturated carbocycles. The highest BCUT2D eigenvalue weighted by Crippen LogP contribution is 2.26. The van der Waals surface area contributed by atoms with Crippen LogP contribution in [0.4, 0.5) is 11.4 Å². The van der Waals surface area contributed by atoms with Gasteiger partial charge >= 0.3 is 0 Å². The minimum atomic E-state index is -0.512. The maximum absolute atomic E-state index is 10.8. The summed E-state index contributed by atoms with van der Waals surface area (Å²) in [6.07, 6.45) is 0. The second kappa shape index (κ2) is 5.71. The third-order valence-electron chi connectivity index (χ3n) is 3.21. The Bertz CT molecular complexity index is 922. The number of hydrogen-bond acceptors (Lipinski definition) is 5. The van der Waals surface area contributed by atoms with Gasteiger partial charge in [0.1, 0.15) is 5.58 Å². The van der Waals surface area contributed by atoms with E-state index in [-0.39, 0.29) is 17.3 Å².